The van der Waals surface area contributed by atoms with Gasteiger partial charge in [0.15, 0.2) is 0 Å². The molecule has 0 unspecified atom stereocenters. The number of hydrogen-bond acceptors (Lipinski definition) is 6. The second-order valence-electron chi connectivity index (χ2n) is 6.85. The minimum absolute atomic E-state index is 0.0309. The Hall–Kier alpha value is -2.83. The Morgan fingerprint density at radius 1 is 1.30 bits per heavy atom. The number of fused-ring (bicyclic) bond motifs is 1. The lowest BCUT2D eigenvalue weighted by Crippen LogP contribution is -2.40. The highest BCUT2D eigenvalue weighted by atomic mass is 16.5. The van der Waals surface area contributed by atoms with Gasteiger partial charge in [0, 0.05) is 36.5 Å². The molecular weight excluding hydrogens is 350 g/mol. The Bertz CT molecular complexity index is 924. The number of rotatable bonds is 4. The average molecular weight is 373 g/mol. The van der Waals surface area contributed by atoms with Crippen LogP contribution < -0.4 is 5.63 Å². The molecule has 2 heterocycles. The van der Waals surface area contributed by atoms with Crippen LogP contribution in [-0.2, 0) is 20.7 Å². The van der Waals surface area contributed by atoms with Gasteiger partial charge >= 0.3 is 11.6 Å². The van der Waals surface area contributed by atoms with E-state index in [9.17, 15) is 19.5 Å². The number of piperidine rings is 1. The highest BCUT2D eigenvalue weighted by Gasteiger charge is 2.27. The van der Waals surface area contributed by atoms with Crippen molar-refractivity contribution < 1.29 is 23.8 Å². The summed E-state index contributed by atoms with van der Waals surface area (Å²) in [5.41, 5.74) is 1.09. The van der Waals surface area contributed by atoms with Crippen LogP contribution in [0.2, 0.25) is 0 Å². The van der Waals surface area contributed by atoms with Crippen molar-refractivity contribution in [1.82, 2.24) is 4.90 Å². The van der Waals surface area contributed by atoms with E-state index < -0.39 is 5.63 Å². The molecule has 1 amide bonds. The van der Waals surface area contributed by atoms with E-state index in [1.54, 1.807) is 11.0 Å². The first-order valence-electron chi connectivity index (χ1n) is 9.01. The lowest BCUT2D eigenvalue weighted by Gasteiger charge is -2.30. The molecule has 0 aliphatic carbocycles. The zero-order chi connectivity index (χ0) is 19.6. The maximum absolute atomic E-state index is 12.5. The van der Waals surface area contributed by atoms with Gasteiger partial charge < -0.3 is 19.2 Å². The number of nitrogens with zero attached hydrogens (tertiary/aromatic N) is 1. The summed E-state index contributed by atoms with van der Waals surface area (Å²) in [7, 11) is 1.37. The second kappa shape index (κ2) is 7.82. The quantitative estimate of drug-likeness (QED) is 0.651. The predicted octanol–water partition coefficient (Wildman–Crippen LogP) is 2.15. The van der Waals surface area contributed by atoms with E-state index in [2.05, 4.69) is 0 Å². The Labute approximate surface area is 156 Å². The number of aromatic hydroxyl groups is 1. The number of ether oxygens (including phenoxy) is 1. The number of carbonyl (C=O) groups is 2. The molecule has 3 rings (SSSR count). The Balaban J connectivity index is 1.67. The van der Waals surface area contributed by atoms with Crippen LogP contribution in [0.3, 0.4) is 0 Å². The normalized spacial score (nSPS) is 15.1. The molecule has 1 fully saturated rings. The molecule has 1 aromatic heterocycles. The zero-order valence-corrected chi connectivity index (χ0v) is 15.5. The van der Waals surface area contributed by atoms with Crippen molar-refractivity contribution >= 4 is 22.8 Å². The lowest BCUT2D eigenvalue weighted by atomic mass is 9.96. The fraction of sp³-hybridized carbons (Fsp3) is 0.450. The van der Waals surface area contributed by atoms with Gasteiger partial charge in [0.25, 0.3) is 0 Å². The van der Waals surface area contributed by atoms with E-state index in [1.807, 2.05) is 6.92 Å². The number of phenols is 1. The van der Waals surface area contributed by atoms with Gasteiger partial charge in [0.05, 0.1) is 13.0 Å². The van der Waals surface area contributed by atoms with Crippen molar-refractivity contribution in [3.05, 3.63) is 39.7 Å². The molecule has 0 atom stereocenters. The fourth-order valence-corrected chi connectivity index (χ4v) is 3.59. The van der Waals surface area contributed by atoms with E-state index in [-0.39, 0.29) is 30.0 Å². The first-order chi connectivity index (χ1) is 12.9. The molecule has 144 valence electrons. The van der Waals surface area contributed by atoms with Crippen molar-refractivity contribution in [2.24, 2.45) is 5.92 Å². The molecule has 1 aliphatic rings. The van der Waals surface area contributed by atoms with Crippen molar-refractivity contribution in [3.63, 3.8) is 0 Å². The van der Waals surface area contributed by atoms with E-state index in [0.717, 1.165) is 10.9 Å². The van der Waals surface area contributed by atoms with Crippen LogP contribution in [0, 0.1) is 12.8 Å². The number of esters is 1. The molecular formula is C20H23NO6. The van der Waals surface area contributed by atoms with Gasteiger partial charge in [0.2, 0.25) is 5.91 Å². The van der Waals surface area contributed by atoms with Crippen LogP contribution in [0.25, 0.3) is 11.0 Å². The molecule has 7 heteroatoms. The van der Waals surface area contributed by atoms with Crippen molar-refractivity contribution in [3.8, 4) is 5.75 Å². The first kappa shape index (κ1) is 18.9. The maximum Gasteiger partial charge on any atom is 0.339 e. The third-order valence-corrected chi connectivity index (χ3v) is 5.24. The fourth-order valence-electron chi connectivity index (χ4n) is 3.59. The van der Waals surface area contributed by atoms with Crippen molar-refractivity contribution in [2.45, 2.75) is 32.6 Å². The van der Waals surface area contributed by atoms with Gasteiger partial charge in [-0.05, 0) is 43.9 Å². The lowest BCUT2D eigenvalue weighted by molar-refractivity contribution is -0.148. The van der Waals surface area contributed by atoms with Crippen LogP contribution in [0.15, 0.2) is 27.4 Å². The van der Waals surface area contributed by atoms with Gasteiger partial charge in [-0.3, -0.25) is 9.59 Å². The summed E-state index contributed by atoms with van der Waals surface area (Å²) in [6, 6.07) is 4.64. The molecule has 0 spiro atoms. The zero-order valence-electron chi connectivity index (χ0n) is 15.5. The Morgan fingerprint density at radius 2 is 2.00 bits per heavy atom. The molecule has 1 saturated heterocycles. The van der Waals surface area contributed by atoms with Crippen molar-refractivity contribution in [2.75, 3.05) is 20.2 Å². The second-order valence-corrected chi connectivity index (χ2v) is 6.85. The van der Waals surface area contributed by atoms with E-state index in [4.69, 9.17) is 9.15 Å². The van der Waals surface area contributed by atoms with E-state index in [1.165, 1.54) is 19.2 Å². The predicted molar refractivity (Wildman–Crippen MR) is 98.5 cm³/mol. The molecule has 2 aromatic rings. The number of hydrogen-bond donors (Lipinski definition) is 1. The molecule has 27 heavy (non-hydrogen) atoms. The number of phenolic OH excluding ortho intramolecular Hbond substituents is 1. The van der Waals surface area contributed by atoms with Crippen molar-refractivity contribution in [1.29, 1.82) is 0 Å². The minimum Gasteiger partial charge on any atom is -0.508 e. The highest BCUT2D eigenvalue weighted by Crippen LogP contribution is 2.24. The monoisotopic (exact) mass is 373 g/mol. The Morgan fingerprint density at radius 3 is 2.67 bits per heavy atom. The van der Waals surface area contributed by atoms with Crippen LogP contribution in [0.1, 0.15) is 30.4 Å². The topological polar surface area (TPSA) is 97.1 Å². The summed E-state index contributed by atoms with van der Waals surface area (Å²) in [4.78, 5) is 38.1. The standard InChI is InChI=1S/C20H23NO6/c1-12-15-4-3-14(22)11-17(15)27-20(25)16(12)5-6-18(23)21-9-7-13(8-10-21)19(24)26-2/h3-4,11,13,22H,5-10H2,1-2H3. The van der Waals surface area contributed by atoms with Crippen LogP contribution in [-0.4, -0.2) is 42.1 Å². The third kappa shape index (κ3) is 3.97. The number of amides is 1. The molecule has 0 bridgehead atoms. The molecule has 0 radical (unpaired) electrons. The Kier molecular flexibility index (Phi) is 5.48. The number of aryl methyl sites for hydroxylation is 1. The summed E-state index contributed by atoms with van der Waals surface area (Å²) in [5.74, 6) is -0.381. The number of carbonyl (C=O) groups excluding carboxylic acids is 2. The molecule has 0 saturated carbocycles. The smallest absolute Gasteiger partial charge is 0.339 e. The van der Waals surface area contributed by atoms with Gasteiger partial charge in [-0.25, -0.2) is 4.79 Å². The summed E-state index contributed by atoms with van der Waals surface area (Å²) < 4.78 is 10.0. The van der Waals surface area contributed by atoms with Gasteiger partial charge in [-0.1, -0.05) is 0 Å². The van der Waals surface area contributed by atoms with Gasteiger partial charge in [-0.15, -0.1) is 0 Å². The minimum atomic E-state index is -0.484. The van der Waals surface area contributed by atoms with Crippen LogP contribution in [0.4, 0.5) is 0 Å². The highest BCUT2D eigenvalue weighted by molar-refractivity contribution is 5.83. The van der Waals surface area contributed by atoms with Gasteiger partial charge in [0.1, 0.15) is 11.3 Å². The summed E-state index contributed by atoms with van der Waals surface area (Å²) in [6.45, 7) is 2.85. The summed E-state index contributed by atoms with van der Waals surface area (Å²) in [6.07, 6.45) is 1.69. The maximum atomic E-state index is 12.5. The molecule has 1 aromatic carbocycles. The van der Waals surface area contributed by atoms with Crippen LogP contribution in [0.5, 0.6) is 5.75 Å². The van der Waals surface area contributed by atoms with Crippen LogP contribution >= 0.6 is 0 Å². The van der Waals surface area contributed by atoms with E-state index in [0.29, 0.717) is 43.5 Å². The third-order valence-electron chi connectivity index (χ3n) is 5.24. The first-order valence-corrected chi connectivity index (χ1v) is 9.01. The van der Waals surface area contributed by atoms with E-state index >= 15 is 0 Å². The SMILES string of the molecule is COC(=O)C1CCN(C(=O)CCc2c(C)c3ccc(O)cc3oc2=O)CC1. The summed E-state index contributed by atoms with van der Waals surface area (Å²) in [5, 5.41) is 10.3. The largest absolute Gasteiger partial charge is 0.508 e. The van der Waals surface area contributed by atoms with Gasteiger partial charge in [-0.2, -0.15) is 0 Å². The summed E-state index contributed by atoms with van der Waals surface area (Å²) >= 11 is 0. The average Bonchev–Trinajstić information content (AvgIpc) is 2.66. The molecule has 7 nitrogen and oxygen atoms in total. The number of methoxy groups -OCH3 is 1. The number of benzene rings is 1. The number of likely N-dealkylation sites (tertiary alicyclic amines) is 1. The molecule has 1 N–H and O–H groups in total. The molecule has 1 aliphatic heterocycles.